The summed E-state index contributed by atoms with van der Waals surface area (Å²) in [4.78, 5) is 4.21. The Morgan fingerprint density at radius 1 is 1.38 bits per heavy atom. The van der Waals surface area contributed by atoms with E-state index in [2.05, 4.69) is 61.2 Å². The zero-order chi connectivity index (χ0) is 11.5. The molecular weight excluding hydrogens is 352 g/mol. The van der Waals surface area contributed by atoms with E-state index in [0.29, 0.717) is 0 Å². The number of hydrogen-bond donors (Lipinski definition) is 1. The van der Waals surface area contributed by atoms with Gasteiger partial charge in [-0.15, -0.1) is 11.3 Å². The standard InChI is InChI=1S/C11H10Br2N2S/c1-7(15-11-14-4-5-16-11)9-3-2-8(12)6-10(9)13/h2-7H,1H3,(H,14,15). The third-order valence-electron chi connectivity index (χ3n) is 2.20. The van der Waals surface area contributed by atoms with Crippen LogP contribution in [0.2, 0.25) is 0 Å². The van der Waals surface area contributed by atoms with E-state index in [1.807, 2.05) is 11.4 Å². The molecule has 0 radical (unpaired) electrons. The maximum absolute atomic E-state index is 4.21. The maximum Gasteiger partial charge on any atom is 0.183 e. The molecule has 5 heteroatoms. The predicted octanol–water partition coefficient (Wildman–Crippen LogP) is 4.84. The minimum Gasteiger partial charge on any atom is -0.355 e. The van der Waals surface area contributed by atoms with Crippen LogP contribution in [0.1, 0.15) is 18.5 Å². The quantitative estimate of drug-likeness (QED) is 0.845. The Bertz CT molecular complexity index is 471. The van der Waals surface area contributed by atoms with Crippen LogP contribution in [0.4, 0.5) is 5.13 Å². The molecule has 0 saturated heterocycles. The number of thiazole rings is 1. The second kappa shape index (κ2) is 5.29. The van der Waals surface area contributed by atoms with Crippen LogP contribution in [0.25, 0.3) is 0 Å². The lowest BCUT2D eigenvalue weighted by molar-refractivity contribution is 0.875. The lowest BCUT2D eigenvalue weighted by atomic mass is 10.1. The van der Waals surface area contributed by atoms with E-state index in [1.165, 1.54) is 5.56 Å². The van der Waals surface area contributed by atoms with Gasteiger partial charge < -0.3 is 5.32 Å². The predicted molar refractivity (Wildman–Crippen MR) is 76.0 cm³/mol. The smallest absolute Gasteiger partial charge is 0.183 e. The first-order chi connectivity index (χ1) is 7.66. The number of nitrogens with zero attached hydrogens (tertiary/aromatic N) is 1. The molecule has 1 unspecified atom stereocenters. The highest BCUT2D eigenvalue weighted by Gasteiger charge is 2.10. The van der Waals surface area contributed by atoms with Crippen LogP contribution in [0.5, 0.6) is 0 Å². The molecule has 1 aromatic carbocycles. The molecule has 1 heterocycles. The van der Waals surface area contributed by atoms with Crippen LogP contribution in [0.15, 0.2) is 38.7 Å². The fraction of sp³-hybridized carbons (Fsp3) is 0.182. The third kappa shape index (κ3) is 2.84. The summed E-state index contributed by atoms with van der Waals surface area (Å²) in [6, 6.07) is 6.42. The van der Waals surface area contributed by atoms with Gasteiger partial charge in [-0.05, 0) is 24.6 Å². The van der Waals surface area contributed by atoms with Crippen LogP contribution in [0.3, 0.4) is 0 Å². The highest BCUT2D eigenvalue weighted by atomic mass is 79.9. The Balaban J connectivity index is 2.17. The van der Waals surface area contributed by atoms with Gasteiger partial charge in [-0.3, -0.25) is 0 Å². The molecule has 84 valence electrons. The molecule has 0 amide bonds. The van der Waals surface area contributed by atoms with E-state index in [-0.39, 0.29) is 6.04 Å². The molecule has 1 aromatic heterocycles. The summed E-state index contributed by atoms with van der Waals surface area (Å²) < 4.78 is 2.17. The van der Waals surface area contributed by atoms with Gasteiger partial charge in [0, 0.05) is 20.5 Å². The Morgan fingerprint density at radius 3 is 2.81 bits per heavy atom. The van der Waals surface area contributed by atoms with Crippen molar-refractivity contribution in [2.75, 3.05) is 5.32 Å². The third-order valence-corrected chi connectivity index (χ3v) is 4.09. The number of anilines is 1. The number of hydrogen-bond acceptors (Lipinski definition) is 3. The molecule has 0 saturated carbocycles. The zero-order valence-corrected chi connectivity index (χ0v) is 12.6. The highest BCUT2D eigenvalue weighted by molar-refractivity contribution is 9.11. The van der Waals surface area contributed by atoms with E-state index in [1.54, 1.807) is 17.5 Å². The molecule has 0 aliphatic rings. The number of aromatic nitrogens is 1. The van der Waals surface area contributed by atoms with Gasteiger partial charge in [0.05, 0.1) is 6.04 Å². The van der Waals surface area contributed by atoms with Gasteiger partial charge in [0.25, 0.3) is 0 Å². The molecule has 1 N–H and O–H groups in total. The zero-order valence-electron chi connectivity index (χ0n) is 8.58. The second-order valence-corrected chi connectivity index (χ2v) is 6.03. The van der Waals surface area contributed by atoms with E-state index in [9.17, 15) is 0 Å². The van der Waals surface area contributed by atoms with Crippen molar-refractivity contribution in [1.29, 1.82) is 0 Å². The Labute approximate surface area is 115 Å². The van der Waals surface area contributed by atoms with Gasteiger partial charge in [-0.1, -0.05) is 37.9 Å². The van der Waals surface area contributed by atoms with E-state index < -0.39 is 0 Å². The van der Waals surface area contributed by atoms with Crippen molar-refractivity contribution >= 4 is 48.3 Å². The van der Waals surface area contributed by atoms with Crippen LogP contribution in [0, 0.1) is 0 Å². The molecule has 0 aliphatic heterocycles. The van der Waals surface area contributed by atoms with Gasteiger partial charge in [0.1, 0.15) is 0 Å². The van der Waals surface area contributed by atoms with E-state index in [4.69, 9.17) is 0 Å². The normalized spacial score (nSPS) is 12.4. The van der Waals surface area contributed by atoms with Crippen molar-refractivity contribution in [3.8, 4) is 0 Å². The van der Waals surface area contributed by atoms with Crippen molar-refractivity contribution in [2.45, 2.75) is 13.0 Å². The monoisotopic (exact) mass is 360 g/mol. The molecule has 0 spiro atoms. The molecule has 0 bridgehead atoms. The maximum atomic E-state index is 4.21. The second-order valence-electron chi connectivity index (χ2n) is 3.37. The number of benzene rings is 1. The van der Waals surface area contributed by atoms with Crippen molar-refractivity contribution < 1.29 is 0 Å². The van der Waals surface area contributed by atoms with Crippen LogP contribution < -0.4 is 5.32 Å². The summed E-state index contributed by atoms with van der Waals surface area (Å²) in [7, 11) is 0. The Kier molecular flexibility index (Phi) is 4.00. The molecule has 2 aromatic rings. The van der Waals surface area contributed by atoms with Crippen molar-refractivity contribution in [2.24, 2.45) is 0 Å². The van der Waals surface area contributed by atoms with E-state index >= 15 is 0 Å². The summed E-state index contributed by atoms with van der Waals surface area (Å²) >= 11 is 8.62. The highest BCUT2D eigenvalue weighted by Crippen LogP contribution is 2.29. The van der Waals surface area contributed by atoms with Gasteiger partial charge in [0.2, 0.25) is 0 Å². The fourth-order valence-electron chi connectivity index (χ4n) is 1.41. The fourth-order valence-corrected chi connectivity index (χ4v) is 3.42. The Morgan fingerprint density at radius 2 is 2.19 bits per heavy atom. The number of halogens is 2. The SMILES string of the molecule is CC(Nc1nccs1)c1ccc(Br)cc1Br. The van der Waals surface area contributed by atoms with Gasteiger partial charge in [-0.2, -0.15) is 0 Å². The first kappa shape index (κ1) is 12.1. The lowest BCUT2D eigenvalue weighted by Crippen LogP contribution is -2.06. The van der Waals surface area contributed by atoms with Crippen LogP contribution >= 0.6 is 43.2 Å². The van der Waals surface area contributed by atoms with E-state index in [0.717, 1.165) is 14.1 Å². The number of rotatable bonds is 3. The summed E-state index contributed by atoms with van der Waals surface area (Å²) in [6.07, 6.45) is 1.80. The molecule has 0 fully saturated rings. The molecule has 2 nitrogen and oxygen atoms in total. The van der Waals surface area contributed by atoms with Crippen molar-refractivity contribution in [3.05, 3.63) is 44.3 Å². The minimum atomic E-state index is 0.230. The first-order valence-corrected chi connectivity index (χ1v) is 7.24. The number of nitrogens with one attached hydrogen (secondary N) is 1. The molecule has 1 atom stereocenters. The molecular formula is C11H10Br2N2S. The average Bonchev–Trinajstić information content (AvgIpc) is 2.70. The topological polar surface area (TPSA) is 24.9 Å². The average molecular weight is 362 g/mol. The summed E-state index contributed by atoms with van der Waals surface area (Å²) in [5.74, 6) is 0. The van der Waals surface area contributed by atoms with Crippen molar-refractivity contribution in [3.63, 3.8) is 0 Å². The molecule has 0 aliphatic carbocycles. The molecule has 2 rings (SSSR count). The minimum absolute atomic E-state index is 0.230. The summed E-state index contributed by atoms with van der Waals surface area (Å²) in [6.45, 7) is 2.12. The summed E-state index contributed by atoms with van der Waals surface area (Å²) in [5.41, 5.74) is 1.22. The van der Waals surface area contributed by atoms with Gasteiger partial charge in [-0.25, -0.2) is 4.98 Å². The van der Waals surface area contributed by atoms with Crippen molar-refractivity contribution in [1.82, 2.24) is 4.98 Å². The van der Waals surface area contributed by atoms with Crippen LogP contribution in [-0.4, -0.2) is 4.98 Å². The summed E-state index contributed by atoms with van der Waals surface area (Å²) in [5, 5.41) is 6.27. The Hall–Kier alpha value is -0.390. The van der Waals surface area contributed by atoms with Gasteiger partial charge in [0.15, 0.2) is 5.13 Å². The first-order valence-electron chi connectivity index (χ1n) is 4.78. The lowest BCUT2D eigenvalue weighted by Gasteiger charge is -2.15. The van der Waals surface area contributed by atoms with Crippen LogP contribution in [-0.2, 0) is 0 Å². The van der Waals surface area contributed by atoms with Gasteiger partial charge >= 0.3 is 0 Å². The molecule has 16 heavy (non-hydrogen) atoms. The largest absolute Gasteiger partial charge is 0.355 e.